The summed E-state index contributed by atoms with van der Waals surface area (Å²) in [7, 11) is 0. The van der Waals surface area contributed by atoms with Gasteiger partial charge in [0.05, 0.1) is 11.7 Å². The fourth-order valence-electron chi connectivity index (χ4n) is 3.13. The molecule has 0 aliphatic carbocycles. The summed E-state index contributed by atoms with van der Waals surface area (Å²) in [5, 5.41) is 16.0. The number of hydrogen-bond donors (Lipinski definition) is 1. The van der Waals surface area contributed by atoms with E-state index in [0.717, 1.165) is 25.2 Å². The summed E-state index contributed by atoms with van der Waals surface area (Å²) in [5.74, 6) is 1.10. The van der Waals surface area contributed by atoms with Gasteiger partial charge in [0, 0.05) is 13.0 Å². The average molecular weight is 324 g/mol. The maximum atomic E-state index is 5.43. The number of nitrogens with one attached hydrogen (secondary N) is 1. The monoisotopic (exact) mass is 324 g/mol. The van der Waals surface area contributed by atoms with Gasteiger partial charge in [0.2, 0.25) is 0 Å². The van der Waals surface area contributed by atoms with Gasteiger partial charge >= 0.3 is 0 Å². The Kier molecular flexibility index (Phi) is 3.86. The molecular weight excluding hydrogens is 304 g/mol. The molecule has 1 fully saturated rings. The van der Waals surface area contributed by atoms with Crippen molar-refractivity contribution in [3.8, 4) is 11.6 Å². The highest BCUT2D eigenvalue weighted by atomic mass is 16.5. The van der Waals surface area contributed by atoms with E-state index in [0.29, 0.717) is 29.9 Å². The molecule has 7 nitrogen and oxygen atoms in total. The lowest BCUT2D eigenvalue weighted by Gasteiger charge is -2.09. The van der Waals surface area contributed by atoms with E-state index in [4.69, 9.17) is 4.52 Å². The number of benzene rings is 1. The first-order chi connectivity index (χ1) is 11.7. The molecule has 124 valence electrons. The SMILES string of the molecule is Cc1ccccc1Cc1noc(-c2nnn(C3CCNC3)c2C)n1. The molecule has 24 heavy (non-hydrogen) atoms. The van der Waals surface area contributed by atoms with Gasteiger partial charge in [0.25, 0.3) is 5.89 Å². The van der Waals surface area contributed by atoms with Crippen LogP contribution in [0.25, 0.3) is 11.6 Å². The summed E-state index contributed by atoms with van der Waals surface area (Å²) in [6.45, 7) is 6.02. The Bertz CT molecular complexity index is 846. The second-order valence-corrected chi connectivity index (χ2v) is 6.23. The molecule has 0 saturated carbocycles. The minimum absolute atomic E-state index is 0.348. The van der Waals surface area contributed by atoms with Crippen LogP contribution in [0.3, 0.4) is 0 Å². The van der Waals surface area contributed by atoms with Gasteiger partial charge in [0.1, 0.15) is 0 Å². The van der Waals surface area contributed by atoms with Gasteiger partial charge in [0.15, 0.2) is 11.5 Å². The van der Waals surface area contributed by atoms with Crippen molar-refractivity contribution in [2.75, 3.05) is 13.1 Å². The van der Waals surface area contributed by atoms with Crippen LogP contribution in [0.5, 0.6) is 0 Å². The second-order valence-electron chi connectivity index (χ2n) is 6.23. The van der Waals surface area contributed by atoms with E-state index in [2.05, 4.69) is 44.8 Å². The largest absolute Gasteiger partial charge is 0.332 e. The first kappa shape index (κ1) is 15.0. The highest BCUT2D eigenvalue weighted by Crippen LogP contribution is 2.24. The third-order valence-corrected chi connectivity index (χ3v) is 4.59. The van der Waals surface area contributed by atoms with Crippen LogP contribution in [0.1, 0.15) is 35.1 Å². The first-order valence-electron chi connectivity index (χ1n) is 8.22. The Hall–Kier alpha value is -2.54. The Morgan fingerprint density at radius 3 is 2.96 bits per heavy atom. The minimum atomic E-state index is 0.348. The normalized spacial score (nSPS) is 17.5. The zero-order valence-corrected chi connectivity index (χ0v) is 13.9. The molecule has 1 saturated heterocycles. The standard InChI is InChI=1S/C17H20N6O/c1-11-5-3-4-6-13(11)9-15-19-17(24-21-15)16-12(2)23(22-20-16)14-7-8-18-10-14/h3-6,14,18H,7-10H2,1-2H3. The zero-order chi connectivity index (χ0) is 16.5. The van der Waals surface area contributed by atoms with Gasteiger partial charge in [-0.3, -0.25) is 0 Å². The molecule has 0 bridgehead atoms. The Morgan fingerprint density at radius 1 is 1.29 bits per heavy atom. The maximum Gasteiger partial charge on any atom is 0.280 e. The minimum Gasteiger partial charge on any atom is -0.332 e. The Balaban J connectivity index is 1.58. The van der Waals surface area contributed by atoms with Crippen molar-refractivity contribution in [2.45, 2.75) is 32.7 Å². The molecule has 1 aromatic carbocycles. The summed E-state index contributed by atoms with van der Waals surface area (Å²) in [5.41, 5.74) is 4.06. The lowest BCUT2D eigenvalue weighted by molar-refractivity contribution is 0.422. The average Bonchev–Trinajstić information content (AvgIpc) is 3.30. The number of nitrogens with zero attached hydrogens (tertiary/aromatic N) is 5. The van der Waals surface area contributed by atoms with Gasteiger partial charge in [-0.25, -0.2) is 4.68 Å². The molecule has 4 rings (SSSR count). The fourth-order valence-corrected chi connectivity index (χ4v) is 3.13. The molecule has 0 amide bonds. The van der Waals surface area contributed by atoms with Gasteiger partial charge in [-0.2, -0.15) is 4.98 Å². The molecule has 2 aromatic heterocycles. The summed E-state index contributed by atoms with van der Waals surface area (Å²) < 4.78 is 7.39. The molecule has 3 aromatic rings. The predicted octanol–water partition coefficient (Wildman–Crippen LogP) is 2.07. The van der Waals surface area contributed by atoms with E-state index >= 15 is 0 Å². The highest BCUT2D eigenvalue weighted by molar-refractivity contribution is 5.49. The van der Waals surface area contributed by atoms with Crippen LogP contribution in [0, 0.1) is 13.8 Å². The quantitative estimate of drug-likeness (QED) is 0.791. The molecule has 7 heteroatoms. The van der Waals surface area contributed by atoms with Crippen LogP contribution in [-0.2, 0) is 6.42 Å². The Morgan fingerprint density at radius 2 is 2.17 bits per heavy atom. The molecule has 1 aliphatic rings. The van der Waals surface area contributed by atoms with Gasteiger partial charge in [-0.1, -0.05) is 34.6 Å². The molecule has 1 aliphatic heterocycles. The molecule has 0 spiro atoms. The molecule has 1 unspecified atom stereocenters. The van der Waals surface area contributed by atoms with Gasteiger partial charge < -0.3 is 9.84 Å². The predicted molar refractivity (Wildman–Crippen MR) is 88.6 cm³/mol. The van der Waals surface area contributed by atoms with Crippen LogP contribution in [0.2, 0.25) is 0 Å². The van der Waals surface area contributed by atoms with Crippen LogP contribution in [-0.4, -0.2) is 38.2 Å². The number of hydrogen-bond acceptors (Lipinski definition) is 6. The Labute approximate surface area is 140 Å². The van der Waals surface area contributed by atoms with Crippen molar-refractivity contribution in [2.24, 2.45) is 0 Å². The second kappa shape index (κ2) is 6.16. The van der Waals surface area contributed by atoms with Gasteiger partial charge in [-0.15, -0.1) is 5.10 Å². The molecule has 1 N–H and O–H groups in total. The van der Waals surface area contributed by atoms with E-state index in [1.54, 1.807) is 0 Å². The van der Waals surface area contributed by atoms with Crippen molar-refractivity contribution in [3.63, 3.8) is 0 Å². The van der Waals surface area contributed by atoms with E-state index in [1.165, 1.54) is 11.1 Å². The van der Waals surface area contributed by atoms with Crippen LogP contribution < -0.4 is 5.32 Å². The van der Waals surface area contributed by atoms with Crippen LogP contribution in [0.15, 0.2) is 28.8 Å². The number of aryl methyl sites for hydroxylation is 1. The van der Waals surface area contributed by atoms with E-state index in [1.807, 2.05) is 23.7 Å². The number of aromatic nitrogens is 5. The topological polar surface area (TPSA) is 81.7 Å². The third-order valence-electron chi connectivity index (χ3n) is 4.59. The highest BCUT2D eigenvalue weighted by Gasteiger charge is 2.24. The van der Waals surface area contributed by atoms with Gasteiger partial charge in [-0.05, 0) is 37.9 Å². The summed E-state index contributed by atoms with van der Waals surface area (Å²) in [6, 6.07) is 8.57. The van der Waals surface area contributed by atoms with Crippen molar-refractivity contribution in [1.82, 2.24) is 30.5 Å². The molecular formula is C17H20N6O. The first-order valence-corrected chi connectivity index (χ1v) is 8.22. The summed E-state index contributed by atoms with van der Waals surface area (Å²) in [6.07, 6.45) is 1.71. The van der Waals surface area contributed by atoms with Crippen molar-refractivity contribution in [3.05, 3.63) is 46.9 Å². The van der Waals surface area contributed by atoms with E-state index < -0.39 is 0 Å². The smallest absolute Gasteiger partial charge is 0.280 e. The van der Waals surface area contributed by atoms with E-state index in [-0.39, 0.29) is 0 Å². The van der Waals surface area contributed by atoms with Crippen molar-refractivity contribution >= 4 is 0 Å². The van der Waals surface area contributed by atoms with Crippen molar-refractivity contribution in [1.29, 1.82) is 0 Å². The lowest BCUT2D eigenvalue weighted by atomic mass is 10.1. The third kappa shape index (κ3) is 2.71. The fraction of sp³-hybridized carbons (Fsp3) is 0.412. The summed E-state index contributed by atoms with van der Waals surface area (Å²) >= 11 is 0. The lowest BCUT2D eigenvalue weighted by Crippen LogP contribution is -2.15. The van der Waals surface area contributed by atoms with Crippen LogP contribution >= 0.6 is 0 Å². The van der Waals surface area contributed by atoms with E-state index in [9.17, 15) is 0 Å². The molecule has 0 radical (unpaired) electrons. The maximum absolute atomic E-state index is 5.43. The van der Waals surface area contributed by atoms with Crippen LogP contribution in [0.4, 0.5) is 0 Å². The number of rotatable bonds is 4. The molecule has 1 atom stereocenters. The summed E-state index contributed by atoms with van der Waals surface area (Å²) in [4.78, 5) is 4.51. The van der Waals surface area contributed by atoms with Crippen molar-refractivity contribution < 1.29 is 4.52 Å². The zero-order valence-electron chi connectivity index (χ0n) is 13.9. The molecule has 3 heterocycles.